The van der Waals surface area contributed by atoms with Crippen LogP contribution in [-0.4, -0.2) is 210 Å². The fraction of sp³-hybridized carbons (Fsp3) is 0.547. The van der Waals surface area contributed by atoms with Crippen molar-refractivity contribution in [3.05, 3.63) is 101 Å². The van der Waals surface area contributed by atoms with Gasteiger partial charge in [-0.3, -0.25) is 79.2 Å². The van der Waals surface area contributed by atoms with Crippen molar-refractivity contribution in [1.82, 2.24) is 79.3 Å². The SMILES string of the molecule is CC(=O)N[C@@H](Cc1c(C)cc(O)cc1C)C(=O)N[C@@H](Cc1ccccc1)C(=O)N[C@@H](Cc1ccccc1)C(=O)N[C@@H](CCCNC(=N)N)C(=O)N[C@@H](CC(C)C)C(=O)N[C@@H](CCCNC(=N)N)C(=O)N[C@@H](CCCNC(=N)N)C(=O)N[C@H](C)C(=O)N[C@@H](CCCNC(=N)N)C(=O)N1CCC[C@H]1C(=O)N[C@@H](CCCCN)C(N)=O. The number of aryl methyl sites for hydroxylation is 2. The third kappa shape index (κ3) is 34.5. The van der Waals surface area contributed by atoms with E-state index in [2.05, 4.69) is 74.4 Å². The molecule has 31 N–H and O–H groups in total. The lowest BCUT2D eigenvalue weighted by Gasteiger charge is -2.30. The number of phenols is 1. The topological polar surface area (TPSA) is 648 Å². The van der Waals surface area contributed by atoms with E-state index in [1.165, 1.54) is 30.9 Å². The molecule has 4 rings (SSSR count). The third-order valence-corrected chi connectivity index (χ3v) is 18.6. The molecule has 0 radical (unpaired) electrons. The van der Waals surface area contributed by atoms with Gasteiger partial charge in [0.1, 0.15) is 72.2 Å². The second-order valence-corrected chi connectivity index (χ2v) is 28.6. The fourth-order valence-electron chi connectivity index (χ4n) is 12.8. The highest BCUT2D eigenvalue weighted by Crippen LogP contribution is 2.24. The van der Waals surface area contributed by atoms with E-state index < -0.39 is 149 Å². The first kappa shape index (κ1) is 93.5. The summed E-state index contributed by atoms with van der Waals surface area (Å²) in [6, 6.07) is 5.64. The van der Waals surface area contributed by atoms with Crippen LogP contribution in [0.5, 0.6) is 5.75 Å². The number of benzene rings is 3. The van der Waals surface area contributed by atoms with Crippen LogP contribution >= 0.6 is 0 Å². The number of nitrogens with one attached hydrogen (secondary N) is 18. The van der Waals surface area contributed by atoms with E-state index >= 15 is 4.79 Å². The lowest BCUT2D eigenvalue weighted by atomic mass is 9.95. The number of phenolic OH excluding ortho intramolecular Hbond substituents is 1. The van der Waals surface area contributed by atoms with Crippen molar-refractivity contribution in [1.29, 1.82) is 21.6 Å². The summed E-state index contributed by atoms with van der Waals surface area (Å²) in [6.45, 7) is 10.3. The number of nitrogens with two attached hydrogens (primary N) is 6. The van der Waals surface area contributed by atoms with Gasteiger partial charge in [0.25, 0.3) is 0 Å². The van der Waals surface area contributed by atoms with Crippen molar-refractivity contribution in [2.45, 2.75) is 217 Å². The molecular formula is C75H119N25O13. The standard InChI is InChI=1S/C75H119N25O13/c1-42(2)36-56(97-65(107)54(27-17-33-88-74(82)83)95-67(109)57(39-47-20-9-7-10-21-47)98-68(110)58(40-48-22-11-8-12-23-48)99-69(111)59(91-46(6)101)41-50-43(3)37-49(102)38-44(50)4)66(108)94-53(26-16-32-87-73(80)81)64(106)93-52(25-15-31-86-72(78)79)63(105)90-45(5)62(104)96-55(28-18-34-89-75(84)85)71(113)100-35-19-29-60(100)70(112)92-51(61(77)103)24-13-14-30-76/h7-12,20-23,37-38,42,45,51-60,102H,13-19,24-36,39-41,76H2,1-6H3,(H2,77,103)(H,90,105)(H,91,101)(H,92,112)(H,93,106)(H,94,108)(H,95,109)(H,96,104)(H,97,107)(H,98,110)(H,99,111)(H4,78,79,86)(H4,80,81,87)(H4,82,83,88)(H4,84,85,89)/t45-,51+,52+,53+,54+,55+,56+,57+,58+,59+,60+/m1/s1. The molecule has 1 fully saturated rings. The number of rotatable bonds is 49. The first-order valence-electron chi connectivity index (χ1n) is 38.1. The van der Waals surface area contributed by atoms with E-state index in [1.807, 2.05) is 0 Å². The van der Waals surface area contributed by atoms with Crippen molar-refractivity contribution in [2.75, 3.05) is 39.3 Å². The summed E-state index contributed by atoms with van der Waals surface area (Å²) in [5, 5.41) is 78.9. The van der Waals surface area contributed by atoms with E-state index in [0.717, 1.165) is 0 Å². The van der Waals surface area contributed by atoms with Gasteiger partial charge in [0.2, 0.25) is 70.9 Å². The molecule has 1 aliphatic rings. The molecule has 0 aliphatic carbocycles. The molecule has 12 amide bonds. The number of guanidine groups is 4. The summed E-state index contributed by atoms with van der Waals surface area (Å²) in [5.74, 6) is -11.3. The number of hydrogen-bond donors (Lipinski definition) is 25. The second kappa shape index (κ2) is 48.7. The Morgan fingerprint density at radius 3 is 1.21 bits per heavy atom. The smallest absolute Gasteiger partial charge is 0.245 e. The van der Waals surface area contributed by atoms with Crippen LogP contribution in [0.25, 0.3) is 0 Å². The van der Waals surface area contributed by atoms with Crippen molar-refractivity contribution in [3.63, 3.8) is 0 Å². The lowest BCUT2D eigenvalue weighted by Crippen LogP contribution is -2.61. The molecule has 38 nitrogen and oxygen atoms in total. The summed E-state index contributed by atoms with van der Waals surface area (Å²) >= 11 is 0. The van der Waals surface area contributed by atoms with E-state index in [9.17, 15) is 57.8 Å². The van der Waals surface area contributed by atoms with Crippen LogP contribution in [-0.2, 0) is 76.8 Å². The van der Waals surface area contributed by atoms with Crippen molar-refractivity contribution < 1.29 is 62.6 Å². The lowest BCUT2D eigenvalue weighted by molar-refractivity contribution is -0.142. The monoisotopic (exact) mass is 1580 g/mol. The Morgan fingerprint density at radius 1 is 0.451 bits per heavy atom. The van der Waals surface area contributed by atoms with Gasteiger partial charge in [0, 0.05) is 58.9 Å². The van der Waals surface area contributed by atoms with Crippen LogP contribution in [0, 0.1) is 41.4 Å². The average Bonchev–Trinajstić information content (AvgIpc) is 1.77. The van der Waals surface area contributed by atoms with Gasteiger partial charge in [-0.25, -0.2) is 0 Å². The van der Waals surface area contributed by atoms with Crippen LogP contribution in [0.4, 0.5) is 0 Å². The number of primary amides is 1. The maximum absolute atomic E-state index is 15.1. The summed E-state index contributed by atoms with van der Waals surface area (Å²) in [5.41, 5.74) is 36.7. The number of amides is 12. The van der Waals surface area contributed by atoms with E-state index in [-0.39, 0.29) is 146 Å². The largest absolute Gasteiger partial charge is 0.508 e. The predicted octanol–water partition coefficient (Wildman–Crippen LogP) is -3.37. The van der Waals surface area contributed by atoms with Gasteiger partial charge in [-0.15, -0.1) is 0 Å². The van der Waals surface area contributed by atoms with Gasteiger partial charge in [0.05, 0.1) is 0 Å². The highest BCUT2D eigenvalue weighted by molar-refractivity contribution is 6.00. The quantitative estimate of drug-likeness (QED) is 0.0149. The maximum atomic E-state index is 15.1. The first-order valence-corrected chi connectivity index (χ1v) is 38.1. The number of hydrogen-bond acceptors (Lipinski definition) is 18. The number of carbonyl (C=O) groups is 12. The van der Waals surface area contributed by atoms with Crippen molar-refractivity contribution in [3.8, 4) is 5.75 Å². The molecule has 622 valence electrons. The van der Waals surface area contributed by atoms with Crippen LogP contribution in [0.1, 0.15) is 145 Å². The van der Waals surface area contributed by atoms with Crippen molar-refractivity contribution >= 4 is 94.7 Å². The summed E-state index contributed by atoms with van der Waals surface area (Å²) in [6.07, 6.45) is 1.52. The molecule has 11 atom stereocenters. The number of carbonyl (C=O) groups excluding carboxylic acids is 12. The van der Waals surface area contributed by atoms with Gasteiger partial charge in [0.15, 0.2) is 23.8 Å². The van der Waals surface area contributed by atoms with Crippen molar-refractivity contribution in [2.24, 2.45) is 40.3 Å². The highest BCUT2D eigenvalue weighted by atomic mass is 16.3. The molecule has 0 unspecified atom stereocenters. The minimum absolute atomic E-state index is 0.00783. The molecule has 0 saturated carbocycles. The molecule has 38 heteroatoms. The molecule has 0 spiro atoms. The first-order chi connectivity index (χ1) is 53.6. The Bertz CT molecular complexity index is 3720. The minimum Gasteiger partial charge on any atom is -0.508 e. The molecule has 3 aromatic carbocycles. The normalized spacial score (nSPS) is 15.0. The van der Waals surface area contributed by atoms with Crippen LogP contribution < -0.4 is 109 Å². The van der Waals surface area contributed by atoms with E-state index in [4.69, 9.17) is 56.0 Å². The second-order valence-electron chi connectivity index (χ2n) is 28.6. The van der Waals surface area contributed by atoms with Gasteiger partial charge >= 0.3 is 0 Å². The van der Waals surface area contributed by atoms with E-state index in [1.54, 1.807) is 88.4 Å². The number of aromatic hydroxyl groups is 1. The number of likely N-dealkylation sites (tertiary alicyclic amines) is 1. The molecule has 113 heavy (non-hydrogen) atoms. The Balaban J connectivity index is 1.67. The van der Waals surface area contributed by atoms with Gasteiger partial charge < -0.3 is 119 Å². The zero-order chi connectivity index (χ0) is 83.9. The maximum Gasteiger partial charge on any atom is 0.245 e. The molecular weight excluding hydrogens is 1460 g/mol. The zero-order valence-corrected chi connectivity index (χ0v) is 65.4. The Labute approximate surface area is 658 Å². The molecule has 3 aromatic rings. The van der Waals surface area contributed by atoms with Gasteiger partial charge in [-0.2, -0.15) is 0 Å². The van der Waals surface area contributed by atoms with Crippen LogP contribution in [0.2, 0.25) is 0 Å². The summed E-state index contributed by atoms with van der Waals surface area (Å²) < 4.78 is 0. The number of nitrogens with zero attached hydrogens (tertiary/aromatic N) is 1. The minimum atomic E-state index is -1.50. The summed E-state index contributed by atoms with van der Waals surface area (Å²) in [4.78, 5) is 173. The molecule has 1 saturated heterocycles. The van der Waals surface area contributed by atoms with E-state index in [0.29, 0.717) is 53.6 Å². The number of unbranched alkanes of at least 4 members (excludes halogenated alkanes) is 1. The Morgan fingerprint density at radius 2 is 0.814 bits per heavy atom. The highest BCUT2D eigenvalue weighted by Gasteiger charge is 2.41. The zero-order valence-electron chi connectivity index (χ0n) is 65.4. The average molecular weight is 1580 g/mol. The summed E-state index contributed by atoms with van der Waals surface area (Å²) in [7, 11) is 0. The van der Waals surface area contributed by atoms with Crippen LogP contribution in [0.3, 0.4) is 0 Å². The van der Waals surface area contributed by atoms with Gasteiger partial charge in [-0.1, -0.05) is 74.5 Å². The Kier molecular flexibility index (Phi) is 40.3. The predicted molar refractivity (Wildman–Crippen MR) is 425 cm³/mol. The molecule has 1 heterocycles. The Hall–Kier alpha value is -11.9. The molecule has 0 bridgehead atoms. The fourth-order valence-corrected chi connectivity index (χ4v) is 12.8. The van der Waals surface area contributed by atoms with Crippen LogP contribution in [0.15, 0.2) is 72.8 Å². The third-order valence-electron chi connectivity index (χ3n) is 18.6. The van der Waals surface area contributed by atoms with Gasteiger partial charge in [-0.05, 0) is 163 Å². The molecule has 0 aromatic heterocycles. The molecule has 1 aliphatic heterocycles.